The number of nitrogens with two attached hydrogens (primary N) is 1. The molecule has 0 radical (unpaired) electrons. The molecule has 1 saturated heterocycles. The van der Waals surface area contributed by atoms with Gasteiger partial charge in [-0.05, 0) is 18.8 Å². The first kappa shape index (κ1) is 18.3. The molecule has 6 heteroatoms. The molecule has 0 atom stereocenters. The summed E-state index contributed by atoms with van der Waals surface area (Å²) in [6, 6.07) is 9.78. The zero-order valence-electron chi connectivity index (χ0n) is 15.5. The maximum Gasteiger partial charge on any atom is 0.256 e. The van der Waals surface area contributed by atoms with Crippen LogP contribution in [-0.2, 0) is 0 Å². The average Bonchev–Trinajstić information content (AvgIpc) is 2.63. The van der Waals surface area contributed by atoms with Gasteiger partial charge in [0.1, 0.15) is 5.82 Å². The highest BCUT2D eigenvalue weighted by Gasteiger charge is 2.22. The van der Waals surface area contributed by atoms with Gasteiger partial charge in [-0.1, -0.05) is 44.2 Å². The third-order valence-corrected chi connectivity index (χ3v) is 4.64. The van der Waals surface area contributed by atoms with Crippen molar-refractivity contribution in [2.45, 2.75) is 32.7 Å². The van der Waals surface area contributed by atoms with E-state index in [0.717, 1.165) is 38.0 Å². The lowest BCUT2D eigenvalue weighted by atomic mass is 10.0. The number of hydrogen-bond acceptors (Lipinski definition) is 5. The Morgan fingerprint density at radius 1 is 1.27 bits per heavy atom. The Bertz CT molecular complexity index is 739. The maximum atomic E-state index is 12.6. The number of carbonyl (C=O) groups excluding carboxylic acids is 1. The molecule has 6 nitrogen and oxygen atoms in total. The molecule has 1 amide bonds. The molecule has 3 N–H and O–H groups in total. The molecule has 3 rings (SSSR count). The number of nitrogen functional groups attached to an aromatic ring is 1. The topological polar surface area (TPSA) is 84.1 Å². The van der Waals surface area contributed by atoms with Crippen LogP contribution in [-0.4, -0.2) is 46.5 Å². The van der Waals surface area contributed by atoms with Crippen LogP contribution < -0.4 is 11.1 Å². The molecule has 1 fully saturated rings. The number of benzene rings is 1. The van der Waals surface area contributed by atoms with Crippen molar-refractivity contribution in [2.75, 3.05) is 25.4 Å². The molecule has 0 unspecified atom stereocenters. The number of amides is 1. The van der Waals surface area contributed by atoms with Crippen molar-refractivity contribution in [3.63, 3.8) is 0 Å². The Hall–Kier alpha value is -2.47. The van der Waals surface area contributed by atoms with Crippen LogP contribution in [0.25, 0.3) is 11.4 Å². The minimum Gasteiger partial charge on any atom is -0.383 e. The van der Waals surface area contributed by atoms with Crippen molar-refractivity contribution < 1.29 is 4.79 Å². The molecule has 26 heavy (non-hydrogen) atoms. The Morgan fingerprint density at radius 3 is 2.58 bits per heavy atom. The lowest BCUT2D eigenvalue weighted by Crippen LogP contribution is -2.45. The summed E-state index contributed by atoms with van der Waals surface area (Å²) in [5, 5.41) is 3.08. The van der Waals surface area contributed by atoms with Gasteiger partial charge in [0.25, 0.3) is 5.91 Å². The predicted octanol–water partition coefficient (Wildman–Crippen LogP) is 2.58. The first-order valence-electron chi connectivity index (χ1n) is 9.24. The molecule has 138 valence electrons. The van der Waals surface area contributed by atoms with E-state index in [4.69, 9.17) is 5.73 Å². The summed E-state index contributed by atoms with van der Waals surface area (Å²) in [5.74, 6) is 1.22. The number of nitrogens with one attached hydrogen (secondary N) is 1. The number of carbonyl (C=O) groups is 1. The quantitative estimate of drug-likeness (QED) is 0.863. The SMILES string of the molecule is CC(C)CN1CCC(NC(=O)c2cnc(-c3ccccc3)nc2N)CC1. The summed E-state index contributed by atoms with van der Waals surface area (Å²) in [7, 11) is 0. The summed E-state index contributed by atoms with van der Waals surface area (Å²) < 4.78 is 0. The first-order valence-corrected chi connectivity index (χ1v) is 9.24. The van der Waals surface area contributed by atoms with E-state index in [0.29, 0.717) is 17.3 Å². The van der Waals surface area contributed by atoms with Crippen molar-refractivity contribution in [3.8, 4) is 11.4 Å². The molecule has 1 aliphatic heterocycles. The van der Waals surface area contributed by atoms with E-state index in [2.05, 4.69) is 34.0 Å². The predicted molar refractivity (Wildman–Crippen MR) is 104 cm³/mol. The molecule has 1 aromatic carbocycles. The zero-order valence-corrected chi connectivity index (χ0v) is 15.5. The number of anilines is 1. The van der Waals surface area contributed by atoms with Gasteiger partial charge in [0, 0.05) is 37.4 Å². The molecule has 1 aromatic heterocycles. The Labute approximate surface area is 154 Å². The highest BCUT2D eigenvalue weighted by Crippen LogP contribution is 2.18. The highest BCUT2D eigenvalue weighted by molar-refractivity contribution is 5.98. The first-order chi connectivity index (χ1) is 12.5. The highest BCUT2D eigenvalue weighted by atomic mass is 16.1. The van der Waals surface area contributed by atoms with Crippen molar-refractivity contribution in [1.29, 1.82) is 0 Å². The Morgan fingerprint density at radius 2 is 1.96 bits per heavy atom. The number of rotatable bonds is 5. The number of likely N-dealkylation sites (tertiary alicyclic amines) is 1. The maximum absolute atomic E-state index is 12.6. The smallest absolute Gasteiger partial charge is 0.256 e. The fourth-order valence-corrected chi connectivity index (χ4v) is 3.34. The molecular formula is C20H27N5O. The molecular weight excluding hydrogens is 326 g/mol. The van der Waals surface area contributed by atoms with Gasteiger partial charge < -0.3 is 16.0 Å². The van der Waals surface area contributed by atoms with E-state index in [1.807, 2.05) is 30.3 Å². The second-order valence-electron chi connectivity index (χ2n) is 7.30. The number of hydrogen-bond donors (Lipinski definition) is 2. The minimum atomic E-state index is -0.190. The minimum absolute atomic E-state index is 0.180. The summed E-state index contributed by atoms with van der Waals surface area (Å²) in [6.07, 6.45) is 3.44. The van der Waals surface area contributed by atoms with Gasteiger partial charge in [0.15, 0.2) is 5.82 Å². The van der Waals surface area contributed by atoms with Crippen LogP contribution in [0, 0.1) is 5.92 Å². The molecule has 0 spiro atoms. The van der Waals surface area contributed by atoms with Crippen molar-refractivity contribution in [3.05, 3.63) is 42.1 Å². The molecule has 2 aromatic rings. The summed E-state index contributed by atoms with van der Waals surface area (Å²) >= 11 is 0. The summed E-state index contributed by atoms with van der Waals surface area (Å²) in [6.45, 7) is 7.61. The van der Waals surface area contributed by atoms with Crippen molar-refractivity contribution in [2.24, 2.45) is 5.92 Å². The molecule has 0 aliphatic carbocycles. The fraction of sp³-hybridized carbons (Fsp3) is 0.450. The van der Waals surface area contributed by atoms with Gasteiger partial charge in [0.05, 0.1) is 5.56 Å². The third-order valence-electron chi connectivity index (χ3n) is 4.64. The van der Waals surface area contributed by atoms with Crippen molar-refractivity contribution in [1.82, 2.24) is 20.2 Å². The van der Waals surface area contributed by atoms with Gasteiger partial charge in [-0.15, -0.1) is 0 Å². The van der Waals surface area contributed by atoms with Gasteiger partial charge in [0.2, 0.25) is 0 Å². The lowest BCUT2D eigenvalue weighted by Gasteiger charge is -2.33. The fourth-order valence-electron chi connectivity index (χ4n) is 3.34. The second kappa shape index (κ2) is 8.27. The van der Waals surface area contributed by atoms with Gasteiger partial charge in [-0.2, -0.15) is 0 Å². The van der Waals surface area contributed by atoms with E-state index in [9.17, 15) is 4.79 Å². The van der Waals surface area contributed by atoms with Gasteiger partial charge in [-0.25, -0.2) is 9.97 Å². The van der Waals surface area contributed by atoms with Gasteiger partial charge >= 0.3 is 0 Å². The largest absolute Gasteiger partial charge is 0.383 e. The van der Waals surface area contributed by atoms with E-state index in [-0.39, 0.29) is 17.8 Å². The monoisotopic (exact) mass is 353 g/mol. The zero-order chi connectivity index (χ0) is 18.5. The Balaban J connectivity index is 1.60. The normalized spacial score (nSPS) is 16.0. The summed E-state index contributed by atoms with van der Waals surface area (Å²) in [4.78, 5) is 23.6. The lowest BCUT2D eigenvalue weighted by molar-refractivity contribution is 0.0907. The molecule has 1 aliphatic rings. The standard InChI is InChI=1S/C20H27N5O/c1-14(2)13-25-10-8-16(9-11-25)23-20(26)17-12-22-19(24-18(17)21)15-6-4-3-5-7-15/h3-7,12,14,16H,8-11,13H2,1-2H3,(H,23,26)(H2,21,22,24). The van der Waals surface area contributed by atoms with Crippen LogP contribution in [0.2, 0.25) is 0 Å². The molecule has 0 saturated carbocycles. The summed E-state index contributed by atoms with van der Waals surface area (Å²) in [5.41, 5.74) is 7.24. The van der Waals surface area contributed by atoms with Crippen LogP contribution in [0.4, 0.5) is 5.82 Å². The van der Waals surface area contributed by atoms with Crippen molar-refractivity contribution >= 4 is 11.7 Å². The van der Waals surface area contributed by atoms with E-state index < -0.39 is 0 Å². The van der Waals surface area contributed by atoms with Crippen LogP contribution in [0.1, 0.15) is 37.0 Å². The molecule has 0 bridgehead atoms. The second-order valence-corrected chi connectivity index (χ2v) is 7.30. The van der Waals surface area contributed by atoms with Gasteiger partial charge in [-0.3, -0.25) is 4.79 Å². The van der Waals surface area contributed by atoms with E-state index in [1.54, 1.807) is 0 Å². The van der Waals surface area contributed by atoms with E-state index in [1.165, 1.54) is 6.20 Å². The van der Waals surface area contributed by atoms with E-state index >= 15 is 0 Å². The number of piperidine rings is 1. The van der Waals surface area contributed by atoms with Crippen LogP contribution in [0.3, 0.4) is 0 Å². The van der Waals surface area contributed by atoms with Crippen LogP contribution >= 0.6 is 0 Å². The third kappa shape index (κ3) is 4.58. The molecule has 2 heterocycles. The van der Waals surface area contributed by atoms with Crippen LogP contribution in [0.5, 0.6) is 0 Å². The Kier molecular flexibility index (Phi) is 5.83. The number of nitrogens with zero attached hydrogens (tertiary/aromatic N) is 3. The average molecular weight is 353 g/mol. The number of aromatic nitrogens is 2. The van der Waals surface area contributed by atoms with Crippen LogP contribution in [0.15, 0.2) is 36.5 Å².